The van der Waals surface area contributed by atoms with Crippen molar-refractivity contribution >= 4 is 12.0 Å². The van der Waals surface area contributed by atoms with Crippen LogP contribution in [0.5, 0.6) is 6.01 Å². The van der Waals surface area contributed by atoms with Gasteiger partial charge in [-0.1, -0.05) is 0 Å². The summed E-state index contributed by atoms with van der Waals surface area (Å²) in [5.41, 5.74) is 0. The van der Waals surface area contributed by atoms with Crippen LogP contribution in [0.4, 0.5) is 10.7 Å². The zero-order valence-corrected chi connectivity index (χ0v) is 11.3. The number of rotatable bonds is 3. The molecule has 1 aliphatic rings. The highest BCUT2D eigenvalue weighted by molar-refractivity contribution is 5.87. The minimum absolute atomic E-state index is 0.0294. The van der Waals surface area contributed by atoms with Crippen LogP contribution in [0.2, 0.25) is 0 Å². The molecule has 0 spiro atoms. The van der Waals surface area contributed by atoms with Crippen molar-refractivity contribution in [1.29, 1.82) is 0 Å². The molecule has 9 heteroatoms. The molecule has 110 valence electrons. The third-order valence-corrected chi connectivity index (χ3v) is 3.18. The van der Waals surface area contributed by atoms with E-state index in [0.29, 0.717) is 25.0 Å². The van der Waals surface area contributed by atoms with E-state index < -0.39 is 0 Å². The summed E-state index contributed by atoms with van der Waals surface area (Å²) in [6, 6.07) is 1.92. The highest BCUT2D eigenvalue weighted by atomic mass is 16.5. The number of H-pyrrole nitrogens is 1. The number of aromatic nitrogens is 5. The molecule has 0 atom stereocenters. The van der Waals surface area contributed by atoms with Gasteiger partial charge in [0.15, 0.2) is 0 Å². The number of anilines is 1. The number of carbonyl (C=O) groups excluding carboxylic acids is 1. The van der Waals surface area contributed by atoms with E-state index in [1.54, 1.807) is 23.4 Å². The van der Waals surface area contributed by atoms with Crippen molar-refractivity contribution in [2.45, 2.75) is 18.9 Å². The molecule has 2 N–H and O–H groups in total. The lowest BCUT2D eigenvalue weighted by atomic mass is 10.1. The van der Waals surface area contributed by atoms with Gasteiger partial charge >= 0.3 is 12.0 Å². The molecular formula is C12H15N7O2. The van der Waals surface area contributed by atoms with E-state index in [1.807, 2.05) is 0 Å². The first-order valence-corrected chi connectivity index (χ1v) is 6.66. The minimum Gasteiger partial charge on any atom is -0.460 e. The highest BCUT2D eigenvalue weighted by Gasteiger charge is 2.24. The van der Waals surface area contributed by atoms with Crippen molar-refractivity contribution in [2.24, 2.45) is 0 Å². The minimum atomic E-state index is -0.193. The largest absolute Gasteiger partial charge is 0.460 e. The lowest BCUT2D eigenvalue weighted by Crippen LogP contribution is -2.44. The lowest BCUT2D eigenvalue weighted by Gasteiger charge is -2.31. The van der Waals surface area contributed by atoms with Crippen LogP contribution in [-0.4, -0.2) is 55.3 Å². The number of nitrogens with zero attached hydrogens (tertiary/aromatic N) is 5. The van der Waals surface area contributed by atoms with E-state index in [-0.39, 0.29) is 12.1 Å². The van der Waals surface area contributed by atoms with E-state index in [0.717, 1.165) is 12.8 Å². The van der Waals surface area contributed by atoms with Gasteiger partial charge in [0.1, 0.15) is 12.4 Å². The van der Waals surface area contributed by atoms with E-state index in [2.05, 4.69) is 30.5 Å². The van der Waals surface area contributed by atoms with Gasteiger partial charge in [0.25, 0.3) is 0 Å². The Morgan fingerprint density at radius 3 is 2.71 bits per heavy atom. The molecule has 0 radical (unpaired) electrons. The average molecular weight is 289 g/mol. The van der Waals surface area contributed by atoms with Crippen molar-refractivity contribution in [3.05, 3.63) is 24.8 Å². The first-order valence-electron chi connectivity index (χ1n) is 6.66. The zero-order valence-electron chi connectivity index (χ0n) is 11.3. The van der Waals surface area contributed by atoms with Gasteiger partial charge in [-0.25, -0.2) is 19.9 Å². The van der Waals surface area contributed by atoms with Crippen molar-refractivity contribution in [1.82, 2.24) is 30.0 Å². The molecule has 1 aliphatic heterocycles. The molecule has 0 bridgehead atoms. The molecule has 3 heterocycles. The molecule has 0 unspecified atom stereocenters. The Bertz CT molecular complexity index is 567. The Morgan fingerprint density at radius 1 is 1.29 bits per heavy atom. The molecule has 3 rings (SSSR count). The number of hydrogen-bond donors (Lipinski definition) is 2. The molecule has 1 saturated heterocycles. The second kappa shape index (κ2) is 6.16. The third kappa shape index (κ3) is 3.44. The van der Waals surface area contributed by atoms with Gasteiger partial charge in [-0.2, -0.15) is 10.1 Å². The maximum Gasteiger partial charge on any atom is 0.324 e. The van der Waals surface area contributed by atoms with Gasteiger partial charge in [-0.3, -0.25) is 5.32 Å². The third-order valence-electron chi connectivity index (χ3n) is 3.18. The zero-order chi connectivity index (χ0) is 14.5. The summed E-state index contributed by atoms with van der Waals surface area (Å²) >= 11 is 0. The monoisotopic (exact) mass is 289 g/mol. The topological polar surface area (TPSA) is 109 Å². The smallest absolute Gasteiger partial charge is 0.324 e. The number of amides is 2. The lowest BCUT2D eigenvalue weighted by molar-refractivity contribution is 0.107. The van der Waals surface area contributed by atoms with Crippen LogP contribution in [0.3, 0.4) is 0 Å². The Hall–Kier alpha value is -2.71. The van der Waals surface area contributed by atoms with E-state index in [4.69, 9.17) is 4.74 Å². The summed E-state index contributed by atoms with van der Waals surface area (Å²) in [5, 5.41) is 8.91. The van der Waals surface area contributed by atoms with E-state index in [9.17, 15) is 4.79 Å². The molecule has 9 nitrogen and oxygen atoms in total. The fourth-order valence-corrected chi connectivity index (χ4v) is 2.12. The molecule has 0 aromatic carbocycles. The Labute approximate surface area is 120 Å². The van der Waals surface area contributed by atoms with Gasteiger partial charge < -0.3 is 9.64 Å². The van der Waals surface area contributed by atoms with Crippen molar-refractivity contribution in [3.63, 3.8) is 0 Å². The Morgan fingerprint density at radius 2 is 2.05 bits per heavy atom. The molecule has 2 aromatic rings. The Balaban J connectivity index is 1.47. The standard InChI is InChI=1S/C12H15N7O2/c20-12(17-10-15-8-16-18-10)19-6-2-9(3-7-19)21-11-13-4-1-5-14-11/h1,4-5,8-9H,2-3,6-7H2,(H2,15,16,17,18,20). The average Bonchev–Trinajstić information content (AvgIpc) is 3.02. The van der Waals surface area contributed by atoms with Crippen LogP contribution in [0, 0.1) is 0 Å². The Kier molecular flexibility index (Phi) is 3.90. The van der Waals surface area contributed by atoms with Gasteiger partial charge in [0.2, 0.25) is 5.95 Å². The van der Waals surface area contributed by atoms with E-state index in [1.165, 1.54) is 6.33 Å². The van der Waals surface area contributed by atoms with Gasteiger partial charge in [0.05, 0.1) is 0 Å². The molecule has 1 fully saturated rings. The quantitative estimate of drug-likeness (QED) is 0.859. The molecule has 0 saturated carbocycles. The molecule has 2 aromatic heterocycles. The van der Waals surface area contributed by atoms with Gasteiger partial charge in [-0.15, -0.1) is 0 Å². The summed E-state index contributed by atoms with van der Waals surface area (Å²) in [4.78, 5) is 25.6. The number of piperidine rings is 1. The second-order valence-electron chi connectivity index (χ2n) is 4.60. The normalized spacial score (nSPS) is 15.7. The SMILES string of the molecule is O=C(Nc1ncn[nH]1)N1CCC(Oc2ncccn2)CC1. The van der Waals surface area contributed by atoms with Crippen molar-refractivity contribution in [3.8, 4) is 6.01 Å². The summed E-state index contributed by atoms with van der Waals surface area (Å²) in [6.45, 7) is 1.22. The molecule has 2 amide bonds. The van der Waals surface area contributed by atoms with Crippen LogP contribution >= 0.6 is 0 Å². The van der Waals surface area contributed by atoms with Crippen LogP contribution in [0.15, 0.2) is 24.8 Å². The number of carbonyl (C=O) groups is 1. The highest BCUT2D eigenvalue weighted by Crippen LogP contribution is 2.16. The number of nitrogens with one attached hydrogen (secondary N) is 2. The summed E-state index contributed by atoms with van der Waals surface area (Å²) in [6.07, 6.45) is 6.13. The van der Waals surface area contributed by atoms with Gasteiger partial charge in [-0.05, 0) is 6.07 Å². The summed E-state index contributed by atoms with van der Waals surface area (Å²) < 4.78 is 5.68. The van der Waals surface area contributed by atoms with Crippen molar-refractivity contribution < 1.29 is 9.53 Å². The van der Waals surface area contributed by atoms with Crippen molar-refractivity contribution in [2.75, 3.05) is 18.4 Å². The number of likely N-dealkylation sites (tertiary alicyclic amines) is 1. The van der Waals surface area contributed by atoms with Gasteiger partial charge in [0, 0.05) is 38.3 Å². The van der Waals surface area contributed by atoms with E-state index >= 15 is 0 Å². The first-order chi connectivity index (χ1) is 10.3. The molecule has 21 heavy (non-hydrogen) atoms. The number of urea groups is 1. The number of aromatic amines is 1. The molecule has 0 aliphatic carbocycles. The molecular weight excluding hydrogens is 274 g/mol. The fraction of sp³-hybridized carbons (Fsp3) is 0.417. The van der Waals surface area contributed by atoms with Crippen LogP contribution in [0.1, 0.15) is 12.8 Å². The summed E-state index contributed by atoms with van der Waals surface area (Å²) in [5.74, 6) is 0.344. The number of hydrogen-bond acceptors (Lipinski definition) is 6. The second-order valence-corrected chi connectivity index (χ2v) is 4.60. The number of ether oxygens (including phenoxy) is 1. The maximum atomic E-state index is 12.0. The predicted octanol–water partition coefficient (Wildman–Crippen LogP) is 0.670. The van der Waals surface area contributed by atoms with Crippen LogP contribution in [0.25, 0.3) is 0 Å². The fourth-order valence-electron chi connectivity index (χ4n) is 2.12. The first kappa shape index (κ1) is 13.3. The van der Waals surface area contributed by atoms with Crippen LogP contribution in [-0.2, 0) is 0 Å². The summed E-state index contributed by atoms with van der Waals surface area (Å²) in [7, 11) is 0. The van der Waals surface area contributed by atoms with Crippen LogP contribution < -0.4 is 10.1 Å². The maximum absolute atomic E-state index is 12.0. The predicted molar refractivity (Wildman–Crippen MR) is 72.7 cm³/mol.